The standard InChI is InChI=1S/C13H18N6O2/c20-13-15-12(16-17-13)9-3-1-2-6-19(9)7-10-14-11(18-21-10)8-4-5-8/h8-9H,1-7H2,(H2,15,16,17,20). The second kappa shape index (κ2) is 5.10. The molecule has 1 saturated carbocycles. The topological polar surface area (TPSA) is 104 Å². The maximum Gasteiger partial charge on any atom is 0.340 e. The summed E-state index contributed by atoms with van der Waals surface area (Å²) in [6.07, 6.45) is 5.58. The summed E-state index contributed by atoms with van der Waals surface area (Å²) in [6.45, 7) is 1.56. The van der Waals surface area contributed by atoms with E-state index in [0.29, 0.717) is 24.2 Å². The van der Waals surface area contributed by atoms with Crippen LogP contribution in [-0.2, 0) is 6.54 Å². The Morgan fingerprint density at radius 1 is 1.29 bits per heavy atom. The minimum Gasteiger partial charge on any atom is -0.338 e. The highest BCUT2D eigenvalue weighted by atomic mass is 16.5. The SMILES string of the molecule is O=c1[nH]nc(C2CCCCN2Cc2nc(C3CC3)no2)[nH]1. The molecular weight excluding hydrogens is 272 g/mol. The second-order valence-corrected chi connectivity index (χ2v) is 5.87. The van der Waals surface area contributed by atoms with E-state index in [1.54, 1.807) is 0 Å². The van der Waals surface area contributed by atoms with Crippen molar-refractivity contribution in [2.24, 2.45) is 0 Å². The van der Waals surface area contributed by atoms with Crippen LogP contribution in [0.15, 0.2) is 9.32 Å². The lowest BCUT2D eigenvalue weighted by Gasteiger charge is -2.32. The molecule has 1 saturated heterocycles. The van der Waals surface area contributed by atoms with Crippen molar-refractivity contribution < 1.29 is 4.52 Å². The first-order chi connectivity index (χ1) is 10.3. The Morgan fingerprint density at radius 2 is 2.19 bits per heavy atom. The number of hydrogen-bond acceptors (Lipinski definition) is 6. The fraction of sp³-hybridized carbons (Fsp3) is 0.692. The van der Waals surface area contributed by atoms with Crippen LogP contribution in [0.25, 0.3) is 0 Å². The van der Waals surface area contributed by atoms with Crippen LogP contribution in [-0.4, -0.2) is 36.8 Å². The summed E-state index contributed by atoms with van der Waals surface area (Å²) < 4.78 is 5.36. The molecule has 1 aliphatic heterocycles. The highest BCUT2D eigenvalue weighted by molar-refractivity contribution is 5.04. The maximum absolute atomic E-state index is 11.3. The van der Waals surface area contributed by atoms with E-state index in [4.69, 9.17) is 4.52 Å². The van der Waals surface area contributed by atoms with Crippen LogP contribution in [0.2, 0.25) is 0 Å². The van der Waals surface area contributed by atoms with Crippen LogP contribution in [0, 0.1) is 0 Å². The van der Waals surface area contributed by atoms with Gasteiger partial charge in [-0.15, -0.1) is 0 Å². The van der Waals surface area contributed by atoms with Gasteiger partial charge in [-0.25, -0.2) is 9.89 Å². The molecule has 1 aliphatic carbocycles. The molecule has 2 N–H and O–H groups in total. The molecule has 112 valence electrons. The van der Waals surface area contributed by atoms with Crippen molar-refractivity contribution in [2.75, 3.05) is 6.54 Å². The van der Waals surface area contributed by atoms with Crippen molar-refractivity contribution in [3.05, 3.63) is 28.0 Å². The van der Waals surface area contributed by atoms with Gasteiger partial charge in [0.05, 0.1) is 12.6 Å². The number of likely N-dealkylation sites (tertiary alicyclic amines) is 1. The number of hydrogen-bond donors (Lipinski definition) is 2. The van der Waals surface area contributed by atoms with Gasteiger partial charge < -0.3 is 4.52 Å². The molecular formula is C13H18N6O2. The smallest absolute Gasteiger partial charge is 0.338 e. The van der Waals surface area contributed by atoms with Gasteiger partial charge in [-0.05, 0) is 32.2 Å². The Balaban J connectivity index is 1.51. The summed E-state index contributed by atoms with van der Waals surface area (Å²) in [5.74, 6) is 2.69. The van der Waals surface area contributed by atoms with E-state index in [-0.39, 0.29) is 11.7 Å². The molecule has 2 aromatic rings. The Kier molecular flexibility index (Phi) is 3.10. The zero-order valence-corrected chi connectivity index (χ0v) is 11.7. The number of H-pyrrole nitrogens is 2. The van der Waals surface area contributed by atoms with Crippen molar-refractivity contribution in [3.8, 4) is 0 Å². The van der Waals surface area contributed by atoms with Crippen LogP contribution >= 0.6 is 0 Å². The molecule has 8 nitrogen and oxygen atoms in total. The third-order valence-electron chi connectivity index (χ3n) is 4.21. The van der Waals surface area contributed by atoms with Crippen LogP contribution < -0.4 is 5.69 Å². The van der Waals surface area contributed by atoms with Gasteiger partial charge >= 0.3 is 5.69 Å². The Hall–Kier alpha value is -1.96. The molecule has 3 heterocycles. The number of nitrogens with zero attached hydrogens (tertiary/aromatic N) is 4. The van der Waals surface area contributed by atoms with Crippen molar-refractivity contribution in [1.82, 2.24) is 30.2 Å². The van der Waals surface area contributed by atoms with E-state index in [1.165, 1.54) is 12.8 Å². The summed E-state index contributed by atoms with van der Waals surface area (Å²) in [4.78, 5) is 20.7. The molecule has 0 bridgehead atoms. The first-order valence-electron chi connectivity index (χ1n) is 7.51. The van der Waals surface area contributed by atoms with Gasteiger partial charge in [0.25, 0.3) is 0 Å². The quantitative estimate of drug-likeness (QED) is 0.873. The molecule has 21 heavy (non-hydrogen) atoms. The fourth-order valence-electron chi connectivity index (χ4n) is 2.94. The lowest BCUT2D eigenvalue weighted by atomic mass is 10.0. The van der Waals surface area contributed by atoms with Gasteiger partial charge in [0, 0.05) is 5.92 Å². The van der Waals surface area contributed by atoms with Crippen LogP contribution in [0.4, 0.5) is 0 Å². The zero-order valence-electron chi connectivity index (χ0n) is 11.7. The fourth-order valence-corrected chi connectivity index (χ4v) is 2.94. The molecule has 2 aromatic heterocycles. The monoisotopic (exact) mass is 290 g/mol. The minimum atomic E-state index is -0.260. The van der Waals surface area contributed by atoms with Crippen molar-refractivity contribution in [2.45, 2.75) is 50.6 Å². The first-order valence-corrected chi connectivity index (χ1v) is 7.51. The van der Waals surface area contributed by atoms with E-state index in [2.05, 4.69) is 30.2 Å². The summed E-state index contributed by atoms with van der Waals surface area (Å²) in [5, 5.41) is 10.6. The molecule has 0 aromatic carbocycles. The van der Waals surface area contributed by atoms with Gasteiger partial charge in [-0.1, -0.05) is 11.6 Å². The predicted octanol–water partition coefficient (Wildman–Crippen LogP) is 1.09. The largest absolute Gasteiger partial charge is 0.340 e. The van der Waals surface area contributed by atoms with Crippen LogP contribution in [0.3, 0.4) is 0 Å². The second-order valence-electron chi connectivity index (χ2n) is 5.87. The zero-order chi connectivity index (χ0) is 14.2. The van der Waals surface area contributed by atoms with Crippen molar-refractivity contribution in [3.63, 3.8) is 0 Å². The lowest BCUT2D eigenvalue weighted by molar-refractivity contribution is 0.118. The number of nitrogens with one attached hydrogen (secondary N) is 2. The molecule has 0 amide bonds. The van der Waals surface area contributed by atoms with E-state index in [9.17, 15) is 4.79 Å². The van der Waals surface area contributed by atoms with Gasteiger partial charge in [0.1, 0.15) is 5.82 Å². The average molecular weight is 290 g/mol. The third kappa shape index (κ3) is 2.63. The van der Waals surface area contributed by atoms with E-state index >= 15 is 0 Å². The third-order valence-corrected chi connectivity index (χ3v) is 4.21. The van der Waals surface area contributed by atoms with Crippen molar-refractivity contribution in [1.29, 1.82) is 0 Å². The van der Waals surface area contributed by atoms with E-state index < -0.39 is 0 Å². The number of piperidine rings is 1. The molecule has 4 rings (SSSR count). The van der Waals surface area contributed by atoms with Crippen LogP contribution in [0.5, 0.6) is 0 Å². The summed E-state index contributed by atoms with van der Waals surface area (Å²) >= 11 is 0. The summed E-state index contributed by atoms with van der Waals surface area (Å²) in [6, 6.07) is 0.106. The van der Waals surface area contributed by atoms with Gasteiger partial charge in [-0.3, -0.25) is 9.88 Å². The van der Waals surface area contributed by atoms with E-state index in [1.807, 2.05) is 0 Å². The molecule has 2 aliphatic rings. The molecule has 0 spiro atoms. The molecule has 0 radical (unpaired) electrons. The predicted molar refractivity (Wildman–Crippen MR) is 72.5 cm³/mol. The van der Waals surface area contributed by atoms with E-state index in [0.717, 1.165) is 31.6 Å². The maximum atomic E-state index is 11.3. The highest BCUT2D eigenvalue weighted by Gasteiger charge is 2.31. The average Bonchev–Trinajstić information content (AvgIpc) is 3.09. The van der Waals surface area contributed by atoms with Gasteiger partial charge in [0.2, 0.25) is 5.89 Å². The summed E-state index contributed by atoms with van der Waals surface area (Å²) in [7, 11) is 0. The normalized spacial score (nSPS) is 23.5. The number of rotatable bonds is 4. The molecule has 1 unspecified atom stereocenters. The van der Waals surface area contributed by atoms with Crippen molar-refractivity contribution >= 4 is 0 Å². The molecule has 8 heteroatoms. The Morgan fingerprint density at radius 3 is 2.95 bits per heavy atom. The number of aromatic amines is 2. The Labute approximate surface area is 120 Å². The first kappa shape index (κ1) is 12.8. The Bertz CT molecular complexity index is 670. The van der Waals surface area contributed by atoms with Crippen LogP contribution in [0.1, 0.15) is 61.6 Å². The minimum absolute atomic E-state index is 0.106. The molecule has 1 atom stereocenters. The molecule has 2 fully saturated rings. The van der Waals surface area contributed by atoms with Gasteiger partial charge in [0.15, 0.2) is 5.82 Å². The highest BCUT2D eigenvalue weighted by Crippen LogP contribution is 2.38. The van der Waals surface area contributed by atoms with Gasteiger partial charge in [-0.2, -0.15) is 10.1 Å². The number of aromatic nitrogens is 5. The lowest BCUT2D eigenvalue weighted by Crippen LogP contribution is -2.33. The summed E-state index contributed by atoms with van der Waals surface area (Å²) in [5.41, 5.74) is -0.260.